The van der Waals surface area contributed by atoms with Crippen LogP contribution in [0.15, 0.2) is 62.8 Å². The zero-order valence-electron chi connectivity index (χ0n) is 20.8. The molecule has 3 aliphatic rings. The van der Waals surface area contributed by atoms with Crippen LogP contribution < -0.4 is 9.77 Å². The van der Waals surface area contributed by atoms with E-state index in [9.17, 15) is 19.2 Å². The molecule has 2 fully saturated rings. The number of carbonyl (C=O) groups excluding carboxylic acids is 3. The first-order valence-electron chi connectivity index (χ1n) is 12.7. The Morgan fingerprint density at radius 2 is 1.63 bits per heavy atom. The fourth-order valence-corrected chi connectivity index (χ4v) is 8.65. The summed E-state index contributed by atoms with van der Waals surface area (Å²) in [5.41, 5.74) is 2.46. The molecule has 0 N–H and O–H groups in total. The zero-order valence-corrected chi connectivity index (χ0v) is 24.0. The number of thiazole rings is 1. The summed E-state index contributed by atoms with van der Waals surface area (Å²) in [4.78, 5) is 57.7. The number of halogens is 1. The van der Waals surface area contributed by atoms with E-state index in [0.717, 1.165) is 51.1 Å². The second kappa shape index (κ2) is 10.1. The van der Waals surface area contributed by atoms with Crippen molar-refractivity contribution in [3.05, 3.63) is 78.7 Å². The van der Waals surface area contributed by atoms with Crippen LogP contribution in [0.5, 0.6) is 0 Å². The first-order valence-corrected chi connectivity index (χ1v) is 15.2. The summed E-state index contributed by atoms with van der Waals surface area (Å²) in [6.45, 7) is 3.32. The third-order valence-electron chi connectivity index (χ3n) is 7.57. The fraction of sp³-hybridized carbons (Fsp3) is 0.357. The number of anilines is 1. The number of nitrogens with zero attached hydrogens (tertiary/aromatic N) is 3. The summed E-state index contributed by atoms with van der Waals surface area (Å²) >= 11 is 5.82. The average Bonchev–Trinajstić information content (AvgIpc) is 3.36. The maximum atomic E-state index is 13.9. The Kier molecular flexibility index (Phi) is 6.82. The van der Waals surface area contributed by atoms with E-state index >= 15 is 0 Å². The molecule has 196 valence electrons. The Morgan fingerprint density at radius 3 is 2.32 bits per heavy atom. The van der Waals surface area contributed by atoms with Gasteiger partial charge in [-0.3, -0.25) is 23.7 Å². The quantitative estimate of drug-likeness (QED) is 0.396. The lowest BCUT2D eigenvalue weighted by Crippen LogP contribution is -2.39. The number of fused-ring (bicyclic) bond motifs is 2. The highest BCUT2D eigenvalue weighted by Gasteiger charge is 2.56. The van der Waals surface area contributed by atoms with E-state index in [-0.39, 0.29) is 29.1 Å². The molecule has 0 radical (unpaired) electrons. The standard InChI is InChI=1S/C28H26BrN3O4S2/c1-16-5-11-19(12-6-16)32-25(34)22-21(17-7-9-18(29)10-8-17)24-27(37-23(22)26(32)35)31(28(36)38-24)15-20(33)30-13-3-2-4-14-30/h5-12,21-23H,2-4,13-15H2,1H3/t21-,22?,23?/m1/s1. The van der Waals surface area contributed by atoms with Crippen LogP contribution >= 0.6 is 39.0 Å². The van der Waals surface area contributed by atoms with Gasteiger partial charge in [0, 0.05) is 28.4 Å². The van der Waals surface area contributed by atoms with Gasteiger partial charge < -0.3 is 4.90 Å². The van der Waals surface area contributed by atoms with Crippen LogP contribution in [-0.4, -0.2) is 45.5 Å². The van der Waals surface area contributed by atoms with E-state index < -0.39 is 17.1 Å². The molecule has 3 atom stereocenters. The van der Waals surface area contributed by atoms with Crippen LogP contribution in [0, 0.1) is 12.8 Å². The molecule has 6 rings (SSSR count). The number of hydrogen-bond donors (Lipinski definition) is 0. The number of benzene rings is 2. The molecule has 38 heavy (non-hydrogen) atoms. The third-order valence-corrected chi connectivity index (χ3v) is 10.7. The van der Waals surface area contributed by atoms with E-state index in [2.05, 4.69) is 15.9 Å². The SMILES string of the molecule is Cc1ccc(N2C(=O)C3Sc4c(sc(=O)n4CC(=O)N4CCCCC4)[C@H](c4ccc(Br)cc4)C3C2=O)cc1. The van der Waals surface area contributed by atoms with Gasteiger partial charge in [0.15, 0.2) is 0 Å². The number of likely N-dealkylation sites (tertiary alicyclic amines) is 1. The van der Waals surface area contributed by atoms with Crippen LogP contribution in [0.3, 0.4) is 0 Å². The number of piperidine rings is 1. The van der Waals surface area contributed by atoms with Gasteiger partial charge >= 0.3 is 4.87 Å². The van der Waals surface area contributed by atoms with Gasteiger partial charge in [-0.1, -0.05) is 68.9 Å². The smallest absolute Gasteiger partial charge is 0.308 e. The summed E-state index contributed by atoms with van der Waals surface area (Å²) in [7, 11) is 0. The molecule has 3 amide bonds. The van der Waals surface area contributed by atoms with Crippen LogP contribution in [0.2, 0.25) is 0 Å². The normalized spacial score (nSPS) is 22.9. The molecule has 4 heterocycles. The number of rotatable bonds is 4. The molecule has 0 bridgehead atoms. The number of aryl methyl sites for hydroxylation is 1. The lowest BCUT2D eigenvalue weighted by Gasteiger charge is -2.31. The highest BCUT2D eigenvalue weighted by molar-refractivity contribution is 9.10. The van der Waals surface area contributed by atoms with Gasteiger partial charge in [-0.15, -0.1) is 0 Å². The predicted molar refractivity (Wildman–Crippen MR) is 152 cm³/mol. The summed E-state index contributed by atoms with van der Waals surface area (Å²) < 4.78 is 2.42. The molecular weight excluding hydrogens is 586 g/mol. The Morgan fingerprint density at radius 1 is 0.947 bits per heavy atom. The van der Waals surface area contributed by atoms with Gasteiger partial charge in [-0.25, -0.2) is 4.90 Å². The summed E-state index contributed by atoms with van der Waals surface area (Å²) in [6.07, 6.45) is 3.05. The number of carbonyl (C=O) groups is 3. The van der Waals surface area contributed by atoms with E-state index in [1.54, 1.807) is 12.1 Å². The Hall–Kier alpha value is -2.69. The third kappa shape index (κ3) is 4.36. The summed E-state index contributed by atoms with van der Waals surface area (Å²) in [5, 5.41) is -0.0540. The van der Waals surface area contributed by atoms with Crippen molar-refractivity contribution in [2.24, 2.45) is 5.92 Å². The van der Waals surface area contributed by atoms with Crippen LogP contribution in [-0.2, 0) is 20.9 Å². The lowest BCUT2D eigenvalue weighted by atomic mass is 9.83. The summed E-state index contributed by atoms with van der Waals surface area (Å²) in [6, 6.07) is 15.1. The van der Waals surface area contributed by atoms with Crippen LogP contribution in [0.25, 0.3) is 0 Å². The van der Waals surface area contributed by atoms with E-state index in [0.29, 0.717) is 23.8 Å². The van der Waals surface area contributed by atoms with Gasteiger partial charge in [0.1, 0.15) is 11.8 Å². The maximum absolute atomic E-state index is 13.9. The maximum Gasteiger partial charge on any atom is 0.308 e. The molecule has 1 aromatic heterocycles. The minimum atomic E-state index is -0.685. The van der Waals surface area contributed by atoms with Crippen molar-refractivity contribution in [2.45, 2.75) is 48.9 Å². The van der Waals surface area contributed by atoms with Crippen molar-refractivity contribution in [1.29, 1.82) is 0 Å². The molecule has 0 aliphatic carbocycles. The Labute approximate surface area is 236 Å². The minimum Gasteiger partial charge on any atom is -0.341 e. The van der Waals surface area contributed by atoms with Gasteiger partial charge in [0.25, 0.3) is 0 Å². The highest BCUT2D eigenvalue weighted by atomic mass is 79.9. The molecule has 2 aromatic carbocycles. The highest BCUT2D eigenvalue weighted by Crippen LogP contribution is 2.54. The second-order valence-corrected chi connectivity index (χ2v) is 13.0. The van der Waals surface area contributed by atoms with Crippen LogP contribution in [0.1, 0.15) is 41.2 Å². The van der Waals surface area contributed by atoms with Crippen molar-refractivity contribution >= 4 is 62.4 Å². The molecule has 3 aliphatic heterocycles. The number of hydrogen-bond acceptors (Lipinski definition) is 6. The van der Waals surface area contributed by atoms with E-state index in [4.69, 9.17) is 0 Å². The molecule has 10 heteroatoms. The summed E-state index contributed by atoms with van der Waals surface area (Å²) in [5.74, 6) is -1.72. The average molecular weight is 613 g/mol. The molecule has 2 saturated heterocycles. The molecule has 7 nitrogen and oxygen atoms in total. The number of thioether (sulfide) groups is 1. The molecule has 0 spiro atoms. The monoisotopic (exact) mass is 611 g/mol. The lowest BCUT2D eigenvalue weighted by molar-refractivity contribution is -0.133. The Bertz CT molecular complexity index is 1480. The van der Waals surface area contributed by atoms with Gasteiger partial charge in [-0.05, 0) is 56.0 Å². The van der Waals surface area contributed by atoms with Crippen molar-refractivity contribution in [3.63, 3.8) is 0 Å². The minimum absolute atomic E-state index is 0.0497. The first kappa shape index (κ1) is 25.6. The van der Waals surface area contributed by atoms with Gasteiger partial charge in [0.05, 0.1) is 16.6 Å². The predicted octanol–water partition coefficient (Wildman–Crippen LogP) is 4.79. The molecular formula is C28H26BrN3O4S2. The molecule has 0 saturated carbocycles. The zero-order chi connectivity index (χ0) is 26.6. The van der Waals surface area contributed by atoms with Crippen LogP contribution in [0.4, 0.5) is 5.69 Å². The largest absolute Gasteiger partial charge is 0.341 e. The topological polar surface area (TPSA) is 79.7 Å². The van der Waals surface area contributed by atoms with E-state index in [1.807, 2.05) is 48.2 Å². The Balaban J connectivity index is 1.43. The second-order valence-electron chi connectivity index (χ2n) is 10.0. The number of aromatic nitrogens is 1. The van der Waals surface area contributed by atoms with E-state index in [1.165, 1.54) is 21.2 Å². The first-order chi connectivity index (χ1) is 18.3. The van der Waals surface area contributed by atoms with Crippen molar-refractivity contribution in [2.75, 3.05) is 18.0 Å². The van der Waals surface area contributed by atoms with Crippen molar-refractivity contribution in [1.82, 2.24) is 9.47 Å². The number of imide groups is 1. The van der Waals surface area contributed by atoms with Gasteiger partial charge in [-0.2, -0.15) is 0 Å². The molecule has 3 aromatic rings. The van der Waals surface area contributed by atoms with Crippen molar-refractivity contribution in [3.8, 4) is 0 Å². The van der Waals surface area contributed by atoms with Crippen molar-refractivity contribution < 1.29 is 14.4 Å². The fourth-order valence-electron chi connectivity index (χ4n) is 5.61. The molecule has 2 unspecified atom stereocenters. The number of amides is 3. The van der Waals surface area contributed by atoms with Gasteiger partial charge in [0.2, 0.25) is 17.7 Å².